The molecule has 2 aliphatic rings. The molecule has 1 N–H and O–H groups in total. The van der Waals surface area contributed by atoms with Gasteiger partial charge in [0.05, 0.1) is 12.5 Å². The predicted molar refractivity (Wildman–Crippen MR) is 307 cm³/mol. The number of hydrogen-bond acceptors (Lipinski definition) is 15. The molecule has 21 heteroatoms. The first-order valence-electron chi connectivity index (χ1n) is 25.4. The number of ketones is 1. The fourth-order valence-corrected chi connectivity index (χ4v) is 9.55. The zero-order valence-electron chi connectivity index (χ0n) is 47.0. The molecule has 2 aliphatic heterocycles. The van der Waals surface area contributed by atoms with Gasteiger partial charge in [0.25, 0.3) is 17.0 Å². The Morgan fingerprint density at radius 3 is 1.92 bits per heavy atom. The fraction of sp³-hybridized carbons (Fsp3) is 0.371. The Labute approximate surface area is 482 Å². The molecule has 83 heavy (non-hydrogen) atoms. The summed E-state index contributed by atoms with van der Waals surface area (Å²) in [5, 5.41) is -0.481. The van der Waals surface area contributed by atoms with Crippen molar-refractivity contribution >= 4 is 34.2 Å². The molecule has 4 heterocycles. The van der Waals surface area contributed by atoms with E-state index in [-0.39, 0.29) is 41.9 Å². The summed E-state index contributed by atoms with van der Waals surface area (Å²) < 4.78 is 59.0. The lowest BCUT2D eigenvalue weighted by Gasteiger charge is -2.40. The second-order valence-electron chi connectivity index (χ2n) is 19.6. The highest BCUT2D eigenvalue weighted by molar-refractivity contribution is 7.33. The van der Waals surface area contributed by atoms with Crippen LogP contribution in [-0.2, 0) is 41.8 Å². The molecule has 0 spiro atoms. The lowest BCUT2D eigenvalue weighted by molar-refractivity contribution is -0.156. The van der Waals surface area contributed by atoms with Crippen molar-refractivity contribution in [2.45, 2.75) is 142 Å². The van der Waals surface area contributed by atoms with E-state index in [9.17, 15) is 38.1 Å². The number of H-pyrrole nitrogens is 1. The van der Waals surface area contributed by atoms with Gasteiger partial charge in [0, 0.05) is 118 Å². The third-order valence-electron chi connectivity index (χ3n) is 12.8. The smallest absolute Gasteiger partial charge is 0.457 e. The van der Waals surface area contributed by atoms with E-state index in [1.54, 1.807) is 20.8 Å². The Morgan fingerprint density at radius 2 is 1.36 bits per heavy atom. The average Bonchev–Trinajstić information content (AvgIpc) is 2.72. The summed E-state index contributed by atoms with van der Waals surface area (Å²) >= 11 is 0. The maximum absolute atomic E-state index is 14.7. The Bertz CT molecular complexity index is 4070. The van der Waals surface area contributed by atoms with E-state index in [1.165, 1.54) is 36.7 Å². The molecule has 2 fully saturated rings. The lowest BCUT2D eigenvalue weighted by atomic mass is 10.0. The number of terminal acetylenes is 1. The molecule has 5 rings (SSSR count). The number of carbonyl (C=O) groups is 3. The van der Waals surface area contributed by atoms with Crippen molar-refractivity contribution in [1.82, 2.24) is 18.7 Å². The maximum atomic E-state index is 14.7. The van der Waals surface area contributed by atoms with Gasteiger partial charge < -0.3 is 28.2 Å². The van der Waals surface area contributed by atoms with Gasteiger partial charge in [0.1, 0.15) is 48.8 Å². The summed E-state index contributed by atoms with van der Waals surface area (Å²) in [4.78, 5) is 95.2. The van der Waals surface area contributed by atoms with Crippen LogP contribution in [0.1, 0.15) is 99.8 Å². The second-order valence-corrected chi connectivity index (χ2v) is 25.3. The number of aryl methyl sites for hydroxylation is 2. The maximum Gasteiger partial charge on any atom is 0.697 e. The Balaban J connectivity index is 1.39. The van der Waals surface area contributed by atoms with E-state index in [2.05, 4.69) is 129 Å². The number of esters is 1. The monoisotopic (exact) mass is 1150 g/mol. The molecular formula is C62H54N4O15PSi+. The van der Waals surface area contributed by atoms with Gasteiger partial charge in [-0.2, -0.15) is 4.57 Å². The quantitative estimate of drug-likeness (QED) is 0.0901. The molecule has 2 saturated heterocycles. The zero-order valence-corrected chi connectivity index (χ0v) is 48.8. The van der Waals surface area contributed by atoms with Crippen LogP contribution < -0.4 is 27.2 Å². The molecule has 0 radical (unpaired) electrons. The molecular weight excluding hydrogens is 1100 g/mol. The lowest BCUT2D eigenvalue weighted by Crippen LogP contribution is -2.51. The number of Topliss-reactive ketones (excluding diaryl/α,β-unsaturated/α-hetero) is 1. The Morgan fingerprint density at radius 1 is 0.783 bits per heavy atom. The largest absolute Gasteiger partial charge is 0.697 e. The third kappa shape index (κ3) is 18.2. The van der Waals surface area contributed by atoms with E-state index in [4.69, 9.17) is 38.8 Å². The van der Waals surface area contributed by atoms with Crippen molar-refractivity contribution in [3.05, 3.63) is 94.5 Å². The molecule has 0 aliphatic carbocycles. The average molecular weight is 1150 g/mol. The summed E-state index contributed by atoms with van der Waals surface area (Å²) in [6.45, 7) is 17.1. The molecule has 1 aromatic carbocycles. The molecule has 2 aromatic heterocycles. The summed E-state index contributed by atoms with van der Waals surface area (Å²) in [6.07, 6.45) is 1.91. The van der Waals surface area contributed by atoms with Crippen LogP contribution in [0.3, 0.4) is 0 Å². The third-order valence-corrected chi connectivity index (χ3v) is 18.1. The number of aromatic nitrogens is 4. The molecule has 0 bridgehead atoms. The van der Waals surface area contributed by atoms with Crippen LogP contribution in [-0.4, -0.2) is 81.8 Å². The van der Waals surface area contributed by atoms with Crippen LogP contribution >= 0.6 is 8.25 Å². The number of benzene rings is 1. The number of hydrogen-bond donors (Lipinski definition) is 1. The predicted octanol–water partition coefficient (Wildman–Crippen LogP) is 4.50. The van der Waals surface area contributed by atoms with Crippen LogP contribution in [0, 0.1) is 152 Å². The summed E-state index contributed by atoms with van der Waals surface area (Å²) in [5.74, 6) is 47.0. The van der Waals surface area contributed by atoms with Crippen molar-refractivity contribution in [1.29, 1.82) is 0 Å². The van der Waals surface area contributed by atoms with Crippen molar-refractivity contribution in [3.63, 3.8) is 0 Å². The highest BCUT2D eigenvalue weighted by Gasteiger charge is 2.54. The minimum Gasteiger partial charge on any atom is -0.457 e. The van der Waals surface area contributed by atoms with Crippen LogP contribution in [0.4, 0.5) is 0 Å². The van der Waals surface area contributed by atoms with Crippen molar-refractivity contribution in [2.24, 2.45) is 0 Å². The van der Waals surface area contributed by atoms with Crippen LogP contribution in [0.5, 0.6) is 5.75 Å². The molecule has 420 valence electrons. The Kier molecular flexibility index (Phi) is 23.5. The van der Waals surface area contributed by atoms with Crippen LogP contribution in [0.2, 0.25) is 18.1 Å². The number of ether oxygens (including phenoxy) is 4. The van der Waals surface area contributed by atoms with Gasteiger partial charge >= 0.3 is 25.6 Å². The van der Waals surface area contributed by atoms with E-state index >= 15 is 0 Å². The first kappa shape index (κ1) is 64.3. The van der Waals surface area contributed by atoms with Gasteiger partial charge in [-0.25, -0.2) is 9.59 Å². The van der Waals surface area contributed by atoms with E-state index in [0.717, 1.165) is 16.8 Å². The molecule has 8 atom stereocenters. The topological polar surface area (TPSA) is 232 Å². The van der Waals surface area contributed by atoms with Gasteiger partial charge in [-0.1, -0.05) is 27.7 Å². The first-order valence-corrected chi connectivity index (χ1v) is 29.4. The number of nitrogens with zero attached hydrogens (tertiary/aromatic N) is 3. The molecule has 3 aromatic rings. The van der Waals surface area contributed by atoms with E-state index < -0.39 is 106 Å². The fourth-order valence-electron chi connectivity index (χ4n) is 7.49. The van der Waals surface area contributed by atoms with Crippen molar-refractivity contribution in [3.8, 4) is 137 Å². The van der Waals surface area contributed by atoms with E-state index in [1.807, 2.05) is 33.9 Å². The van der Waals surface area contributed by atoms with Crippen molar-refractivity contribution in [2.75, 3.05) is 6.61 Å². The standard InChI is InChI=1S/C62H53N4O15PSi/c1-12-14-15-16-17-18-19-20-21-22-23-24-25-26-27-28-29-30-31-32-37-75-49-39-47(38-43(3)46(49)6)58(71)66-52(68)35-36-64(61(66)73)59-56(81-83(10,11)62(7,8)9)55(79-54(69)34-33-45(5)67)51(78-59)42-76-82(74)80-50-40-53(77-48(50)13-2)65-41-44(4)57(70)63-60(65)72/h1,35-36,38-39,41,48,50-51,53,55-56,59H,13,33-34,40,42H2,2-11H3/p+1/t48-,50?,51-,53-,55?,56+,59-/m1/s1. The van der Waals surface area contributed by atoms with E-state index in [0.29, 0.717) is 22.1 Å². The summed E-state index contributed by atoms with van der Waals surface area (Å²) in [7, 11) is -5.91. The van der Waals surface area contributed by atoms with Gasteiger partial charge in [0.2, 0.25) is 0 Å². The highest BCUT2D eigenvalue weighted by atomic mass is 31.1. The number of aromatic amines is 1. The van der Waals surface area contributed by atoms with Gasteiger partial charge in [-0.15, -0.1) is 15.5 Å². The summed E-state index contributed by atoms with van der Waals surface area (Å²) in [6, 6.07) is 3.75. The van der Waals surface area contributed by atoms with Crippen LogP contribution in [0.25, 0.3) is 0 Å². The number of carbonyl (C=O) groups excluding carboxylic acids is 3. The van der Waals surface area contributed by atoms with Gasteiger partial charge in [0.15, 0.2) is 20.6 Å². The van der Waals surface area contributed by atoms with Crippen molar-refractivity contribution < 1.29 is 51.4 Å². The number of nitrogens with one attached hydrogen (secondary N) is 1. The summed E-state index contributed by atoms with van der Waals surface area (Å²) in [5.41, 5.74) is -2.15. The Hall–Kier alpha value is -9.53. The number of rotatable bonds is 16. The van der Waals surface area contributed by atoms with Gasteiger partial charge in [-0.05, 0) is 123 Å². The minimum atomic E-state index is -2.99. The SMILES string of the molecule is C#CC#CC#CC#CC#CC#CC#CC#CC#CC#CC#COc1cc(C(=O)n2c(=O)ccn([C@@H]3O[C@H](CO[P+](=O)OC4C[C@H](n5cc(C)c(=O)[nH]c5=O)O[C@@H]4CC)C(OC(=O)CCC(C)=O)[C@@H]3O[Si](C)(C)C(C)(C)C)c2=O)cc(C)c1C. The molecule has 3 unspecified atom stereocenters. The molecule has 0 amide bonds. The normalized spacial score (nSPS) is 18.2. The van der Waals surface area contributed by atoms with Gasteiger partial charge in [-0.3, -0.25) is 33.3 Å². The molecule has 0 saturated carbocycles. The van der Waals surface area contributed by atoms with Crippen LogP contribution in [0.15, 0.2) is 49.8 Å². The zero-order chi connectivity index (χ0) is 60.9. The minimum absolute atomic E-state index is 0.0535. The second kappa shape index (κ2) is 30.3. The highest BCUT2D eigenvalue weighted by Crippen LogP contribution is 2.44. The molecule has 19 nitrogen and oxygen atoms in total. The first-order chi connectivity index (χ1) is 39.5.